The summed E-state index contributed by atoms with van der Waals surface area (Å²) in [6.07, 6.45) is 2.63. The molecule has 2 fully saturated rings. The van der Waals surface area contributed by atoms with E-state index in [1.807, 2.05) is 6.07 Å². The molecule has 2 saturated carbocycles. The first-order chi connectivity index (χ1) is 10.0. The fraction of sp³-hybridized carbons (Fsp3) is 0.667. The van der Waals surface area contributed by atoms with Gasteiger partial charge in [-0.1, -0.05) is 13.0 Å². The van der Waals surface area contributed by atoms with Crippen molar-refractivity contribution in [1.82, 2.24) is 0 Å². The summed E-state index contributed by atoms with van der Waals surface area (Å²) >= 11 is 0. The smallest absolute Gasteiger partial charge is 0.127 e. The SMILES string of the molecule is C[C@]12CC[C@@H]3c4ccc(O)cc4CC[C@H]3C1C[C@@H](F)[C@@H]2O. The molecular formula is C18H23FO2. The third-order valence-corrected chi connectivity index (χ3v) is 6.65. The number of rotatable bonds is 0. The molecule has 0 bridgehead atoms. The van der Waals surface area contributed by atoms with Crippen LogP contribution in [0, 0.1) is 17.3 Å². The Morgan fingerprint density at radius 1 is 1.29 bits per heavy atom. The van der Waals surface area contributed by atoms with E-state index in [9.17, 15) is 14.6 Å². The zero-order chi connectivity index (χ0) is 14.8. The van der Waals surface area contributed by atoms with Crippen molar-refractivity contribution < 1.29 is 14.6 Å². The molecule has 3 heteroatoms. The Morgan fingerprint density at radius 3 is 2.90 bits per heavy atom. The van der Waals surface area contributed by atoms with E-state index >= 15 is 0 Å². The Balaban J connectivity index is 1.71. The first kappa shape index (κ1) is 13.6. The predicted octanol–water partition coefficient (Wildman–Crippen LogP) is 3.56. The largest absolute Gasteiger partial charge is 0.508 e. The van der Waals surface area contributed by atoms with Gasteiger partial charge in [-0.05, 0) is 78.5 Å². The van der Waals surface area contributed by atoms with Gasteiger partial charge in [-0.2, -0.15) is 0 Å². The fourth-order valence-electron chi connectivity index (χ4n) is 5.51. The fourth-order valence-corrected chi connectivity index (χ4v) is 5.51. The molecule has 0 aromatic heterocycles. The van der Waals surface area contributed by atoms with Crippen LogP contribution in [0.3, 0.4) is 0 Å². The first-order valence-electron chi connectivity index (χ1n) is 8.14. The quantitative estimate of drug-likeness (QED) is 0.767. The molecular weight excluding hydrogens is 267 g/mol. The molecule has 0 aliphatic heterocycles. The monoisotopic (exact) mass is 290 g/mol. The lowest BCUT2D eigenvalue weighted by molar-refractivity contribution is -0.0365. The summed E-state index contributed by atoms with van der Waals surface area (Å²) < 4.78 is 14.1. The van der Waals surface area contributed by atoms with Crippen LogP contribution >= 0.6 is 0 Å². The summed E-state index contributed by atoms with van der Waals surface area (Å²) in [7, 11) is 0. The number of aliphatic hydroxyl groups excluding tert-OH is 1. The lowest BCUT2D eigenvalue weighted by Crippen LogP contribution is -2.44. The second kappa shape index (κ2) is 4.45. The van der Waals surface area contributed by atoms with Crippen LogP contribution in [0.5, 0.6) is 5.75 Å². The van der Waals surface area contributed by atoms with Gasteiger partial charge in [0.15, 0.2) is 0 Å². The highest BCUT2D eigenvalue weighted by Gasteiger charge is 2.58. The highest BCUT2D eigenvalue weighted by Crippen LogP contribution is 2.61. The van der Waals surface area contributed by atoms with Gasteiger partial charge in [0, 0.05) is 0 Å². The lowest BCUT2D eigenvalue weighted by atomic mass is 9.55. The second-order valence-corrected chi connectivity index (χ2v) is 7.54. The molecule has 4 rings (SSSR count). The Kier molecular flexibility index (Phi) is 2.88. The highest BCUT2D eigenvalue weighted by molar-refractivity contribution is 5.40. The predicted molar refractivity (Wildman–Crippen MR) is 79.0 cm³/mol. The normalized spacial score (nSPS) is 44.8. The standard InChI is InChI=1S/C18H23FO2/c1-18-7-6-13-12-5-3-11(20)8-10(12)2-4-14(13)15(18)9-16(19)17(18)21/h3,5,8,13-17,20-21H,2,4,6-7,9H2,1H3/t13-,14-,15?,16-,17+,18+/m1/s1. The third-order valence-electron chi connectivity index (χ3n) is 6.65. The number of hydrogen-bond acceptors (Lipinski definition) is 2. The van der Waals surface area contributed by atoms with E-state index in [1.54, 1.807) is 6.07 Å². The Bertz CT molecular complexity index is 572. The summed E-state index contributed by atoms with van der Waals surface area (Å²) in [6, 6.07) is 5.72. The van der Waals surface area contributed by atoms with Crippen molar-refractivity contribution >= 4 is 0 Å². The molecule has 1 aromatic carbocycles. The zero-order valence-corrected chi connectivity index (χ0v) is 12.4. The van der Waals surface area contributed by atoms with Crippen LogP contribution in [0.4, 0.5) is 4.39 Å². The number of benzene rings is 1. The summed E-state index contributed by atoms with van der Waals surface area (Å²) in [4.78, 5) is 0. The van der Waals surface area contributed by atoms with Crippen LogP contribution < -0.4 is 0 Å². The number of alkyl halides is 1. The Morgan fingerprint density at radius 2 is 2.10 bits per heavy atom. The minimum absolute atomic E-state index is 0.241. The van der Waals surface area contributed by atoms with E-state index in [2.05, 4.69) is 13.0 Å². The average Bonchev–Trinajstić information content (AvgIpc) is 2.70. The third kappa shape index (κ3) is 1.79. The van der Waals surface area contributed by atoms with E-state index < -0.39 is 12.3 Å². The van der Waals surface area contributed by atoms with Crippen molar-refractivity contribution in [1.29, 1.82) is 0 Å². The molecule has 0 radical (unpaired) electrons. The maximum Gasteiger partial charge on any atom is 0.127 e. The Labute approximate surface area is 125 Å². The van der Waals surface area contributed by atoms with E-state index in [0.29, 0.717) is 29.9 Å². The molecule has 3 aliphatic carbocycles. The minimum Gasteiger partial charge on any atom is -0.508 e. The van der Waals surface area contributed by atoms with Crippen LogP contribution in [-0.4, -0.2) is 22.5 Å². The van der Waals surface area contributed by atoms with Crippen LogP contribution in [0.1, 0.15) is 49.7 Å². The van der Waals surface area contributed by atoms with Gasteiger partial charge >= 0.3 is 0 Å². The number of phenolic OH excluding ortho intramolecular Hbond substituents is 1. The molecule has 0 amide bonds. The second-order valence-electron chi connectivity index (χ2n) is 7.54. The summed E-state index contributed by atoms with van der Waals surface area (Å²) in [6.45, 7) is 2.09. The van der Waals surface area contributed by atoms with Crippen molar-refractivity contribution in [3.8, 4) is 5.75 Å². The maximum atomic E-state index is 14.1. The van der Waals surface area contributed by atoms with Gasteiger partial charge in [0.05, 0.1) is 6.10 Å². The van der Waals surface area contributed by atoms with Crippen molar-refractivity contribution in [2.24, 2.45) is 17.3 Å². The van der Waals surface area contributed by atoms with Crippen molar-refractivity contribution in [2.75, 3.05) is 0 Å². The molecule has 0 spiro atoms. The van der Waals surface area contributed by atoms with Gasteiger partial charge in [-0.15, -0.1) is 0 Å². The number of fused-ring (bicyclic) bond motifs is 5. The molecule has 114 valence electrons. The van der Waals surface area contributed by atoms with Crippen molar-refractivity contribution in [3.05, 3.63) is 29.3 Å². The number of aryl methyl sites for hydroxylation is 1. The highest BCUT2D eigenvalue weighted by atomic mass is 19.1. The molecule has 1 unspecified atom stereocenters. The minimum atomic E-state index is -1.06. The van der Waals surface area contributed by atoms with Crippen LogP contribution in [0.25, 0.3) is 0 Å². The Hall–Kier alpha value is -1.09. The maximum absolute atomic E-state index is 14.1. The van der Waals surface area contributed by atoms with Crippen LogP contribution in [-0.2, 0) is 6.42 Å². The molecule has 0 heterocycles. The van der Waals surface area contributed by atoms with Crippen molar-refractivity contribution in [2.45, 2.75) is 57.2 Å². The number of aliphatic hydroxyl groups is 1. The first-order valence-corrected chi connectivity index (χ1v) is 8.14. The zero-order valence-electron chi connectivity index (χ0n) is 12.4. The van der Waals surface area contributed by atoms with Gasteiger partial charge in [0.2, 0.25) is 0 Å². The van der Waals surface area contributed by atoms with E-state index in [1.165, 1.54) is 11.1 Å². The summed E-state index contributed by atoms with van der Waals surface area (Å²) in [5.41, 5.74) is 2.37. The van der Waals surface area contributed by atoms with Gasteiger partial charge < -0.3 is 10.2 Å². The summed E-state index contributed by atoms with van der Waals surface area (Å²) in [5, 5.41) is 19.9. The van der Waals surface area contributed by atoms with Crippen molar-refractivity contribution in [3.63, 3.8) is 0 Å². The molecule has 2 nitrogen and oxygen atoms in total. The number of halogens is 1. The van der Waals surface area contributed by atoms with Gasteiger partial charge in [0.1, 0.15) is 11.9 Å². The number of phenols is 1. The molecule has 3 aliphatic rings. The average molecular weight is 290 g/mol. The molecule has 6 atom stereocenters. The van der Waals surface area contributed by atoms with Gasteiger partial charge in [-0.3, -0.25) is 0 Å². The number of hydrogen-bond donors (Lipinski definition) is 2. The van der Waals surface area contributed by atoms with E-state index in [0.717, 1.165) is 25.7 Å². The van der Waals surface area contributed by atoms with Gasteiger partial charge in [0.25, 0.3) is 0 Å². The molecule has 0 saturated heterocycles. The van der Waals surface area contributed by atoms with E-state index in [-0.39, 0.29) is 5.41 Å². The van der Waals surface area contributed by atoms with E-state index in [4.69, 9.17) is 0 Å². The summed E-state index contributed by atoms with van der Waals surface area (Å²) in [5.74, 6) is 1.59. The van der Waals surface area contributed by atoms with Gasteiger partial charge in [-0.25, -0.2) is 4.39 Å². The topological polar surface area (TPSA) is 40.5 Å². The lowest BCUT2D eigenvalue weighted by Gasteiger charge is -2.49. The number of aromatic hydroxyl groups is 1. The molecule has 1 aromatic rings. The molecule has 21 heavy (non-hydrogen) atoms. The molecule has 2 N–H and O–H groups in total. The van der Waals surface area contributed by atoms with Crippen LogP contribution in [0.2, 0.25) is 0 Å². The van der Waals surface area contributed by atoms with Crippen LogP contribution in [0.15, 0.2) is 18.2 Å².